The standard InChI is InChI=1S/C15H16N4O2/c1-10(13-9-11-5-3-4-6-12(11)21-13)16-15(20)17-14-7-8-19(2)18-14/h3-10H,1-2H3,(H2,16,17,18,20). The average molecular weight is 284 g/mol. The Balaban J connectivity index is 1.67. The first-order valence-corrected chi connectivity index (χ1v) is 6.67. The Morgan fingerprint density at radius 2 is 2.14 bits per heavy atom. The first-order chi connectivity index (χ1) is 10.1. The van der Waals surface area contributed by atoms with Gasteiger partial charge in [-0.3, -0.25) is 10.00 Å². The number of rotatable bonds is 3. The first kappa shape index (κ1) is 13.2. The minimum Gasteiger partial charge on any atom is -0.459 e. The summed E-state index contributed by atoms with van der Waals surface area (Å²) in [6.07, 6.45) is 1.76. The van der Waals surface area contributed by atoms with Crippen LogP contribution in [0.1, 0.15) is 18.7 Å². The summed E-state index contributed by atoms with van der Waals surface area (Å²) in [5, 5.41) is 10.6. The van der Waals surface area contributed by atoms with E-state index >= 15 is 0 Å². The monoisotopic (exact) mass is 284 g/mol. The predicted molar refractivity (Wildman–Crippen MR) is 80.0 cm³/mol. The quantitative estimate of drug-likeness (QED) is 0.776. The molecule has 108 valence electrons. The summed E-state index contributed by atoms with van der Waals surface area (Å²) in [5.41, 5.74) is 0.811. The van der Waals surface area contributed by atoms with Crippen molar-refractivity contribution >= 4 is 22.8 Å². The van der Waals surface area contributed by atoms with Crippen LogP contribution in [-0.2, 0) is 7.05 Å². The summed E-state index contributed by atoms with van der Waals surface area (Å²) >= 11 is 0. The number of aromatic nitrogens is 2. The van der Waals surface area contributed by atoms with Crippen LogP contribution in [0.25, 0.3) is 11.0 Å². The van der Waals surface area contributed by atoms with E-state index in [9.17, 15) is 4.79 Å². The van der Waals surface area contributed by atoms with Crippen molar-refractivity contribution in [2.45, 2.75) is 13.0 Å². The predicted octanol–water partition coefficient (Wildman–Crippen LogP) is 3.05. The molecule has 2 amide bonds. The van der Waals surface area contributed by atoms with E-state index < -0.39 is 0 Å². The van der Waals surface area contributed by atoms with Crippen molar-refractivity contribution in [2.24, 2.45) is 7.05 Å². The van der Waals surface area contributed by atoms with Crippen LogP contribution in [0, 0.1) is 0 Å². The summed E-state index contributed by atoms with van der Waals surface area (Å²) in [7, 11) is 1.79. The van der Waals surface area contributed by atoms with Crippen LogP contribution in [0.5, 0.6) is 0 Å². The molecule has 0 saturated heterocycles. The molecule has 0 aliphatic heterocycles. The highest BCUT2D eigenvalue weighted by atomic mass is 16.3. The Morgan fingerprint density at radius 1 is 1.33 bits per heavy atom. The first-order valence-electron chi connectivity index (χ1n) is 6.67. The number of anilines is 1. The minimum atomic E-state index is -0.318. The van der Waals surface area contributed by atoms with E-state index in [0.29, 0.717) is 11.6 Å². The molecule has 2 heterocycles. The molecular formula is C15H16N4O2. The number of urea groups is 1. The van der Waals surface area contributed by atoms with Gasteiger partial charge in [0.05, 0.1) is 6.04 Å². The molecule has 1 unspecified atom stereocenters. The highest BCUT2D eigenvalue weighted by Gasteiger charge is 2.14. The van der Waals surface area contributed by atoms with E-state index in [1.54, 1.807) is 24.0 Å². The number of carbonyl (C=O) groups is 1. The number of aryl methyl sites for hydroxylation is 1. The van der Waals surface area contributed by atoms with Crippen molar-refractivity contribution in [3.63, 3.8) is 0 Å². The van der Waals surface area contributed by atoms with Crippen molar-refractivity contribution in [1.82, 2.24) is 15.1 Å². The molecule has 3 aromatic rings. The van der Waals surface area contributed by atoms with Gasteiger partial charge in [0.2, 0.25) is 0 Å². The fourth-order valence-electron chi connectivity index (χ4n) is 2.12. The number of nitrogens with one attached hydrogen (secondary N) is 2. The second-order valence-electron chi connectivity index (χ2n) is 4.88. The van der Waals surface area contributed by atoms with Gasteiger partial charge in [0, 0.05) is 24.7 Å². The molecule has 6 nitrogen and oxygen atoms in total. The zero-order chi connectivity index (χ0) is 14.8. The molecule has 0 fully saturated rings. The van der Waals surface area contributed by atoms with Crippen LogP contribution in [0.4, 0.5) is 10.6 Å². The molecular weight excluding hydrogens is 268 g/mol. The summed E-state index contributed by atoms with van der Waals surface area (Å²) in [4.78, 5) is 11.9. The highest BCUT2D eigenvalue weighted by molar-refractivity contribution is 5.88. The van der Waals surface area contributed by atoms with Gasteiger partial charge in [-0.1, -0.05) is 18.2 Å². The van der Waals surface area contributed by atoms with Crippen LogP contribution >= 0.6 is 0 Å². The lowest BCUT2D eigenvalue weighted by Crippen LogP contribution is -2.31. The van der Waals surface area contributed by atoms with Gasteiger partial charge in [0.25, 0.3) is 0 Å². The zero-order valence-corrected chi connectivity index (χ0v) is 11.8. The van der Waals surface area contributed by atoms with Crippen molar-refractivity contribution in [3.05, 3.63) is 48.4 Å². The van der Waals surface area contributed by atoms with Gasteiger partial charge >= 0.3 is 6.03 Å². The largest absolute Gasteiger partial charge is 0.459 e. The third-order valence-corrected chi connectivity index (χ3v) is 3.17. The van der Waals surface area contributed by atoms with E-state index in [2.05, 4.69) is 15.7 Å². The molecule has 2 N–H and O–H groups in total. The second-order valence-corrected chi connectivity index (χ2v) is 4.88. The van der Waals surface area contributed by atoms with Crippen LogP contribution in [0.3, 0.4) is 0 Å². The molecule has 0 saturated carbocycles. The Bertz CT molecular complexity index is 742. The maximum absolute atomic E-state index is 11.9. The number of nitrogens with zero attached hydrogens (tertiary/aromatic N) is 2. The molecule has 2 aromatic heterocycles. The summed E-state index contributed by atoms with van der Waals surface area (Å²) < 4.78 is 7.35. The number of carbonyl (C=O) groups excluding carboxylic acids is 1. The molecule has 0 radical (unpaired) electrons. The van der Waals surface area contributed by atoms with Crippen LogP contribution < -0.4 is 10.6 Å². The van der Waals surface area contributed by atoms with Gasteiger partial charge in [-0.15, -0.1) is 0 Å². The normalized spacial score (nSPS) is 12.3. The topological polar surface area (TPSA) is 72.1 Å². The van der Waals surface area contributed by atoms with Crippen LogP contribution in [0.15, 0.2) is 47.0 Å². The van der Waals surface area contributed by atoms with Crippen LogP contribution in [-0.4, -0.2) is 15.8 Å². The van der Waals surface area contributed by atoms with Crippen molar-refractivity contribution in [2.75, 3.05) is 5.32 Å². The molecule has 21 heavy (non-hydrogen) atoms. The molecule has 3 rings (SSSR count). The number of furan rings is 1. The van der Waals surface area contributed by atoms with Gasteiger partial charge < -0.3 is 9.73 Å². The fraction of sp³-hybridized carbons (Fsp3) is 0.200. The maximum atomic E-state index is 11.9. The zero-order valence-electron chi connectivity index (χ0n) is 11.8. The second kappa shape index (κ2) is 5.32. The number of fused-ring (bicyclic) bond motifs is 1. The SMILES string of the molecule is CC(NC(=O)Nc1ccn(C)n1)c1cc2ccccc2o1. The van der Waals surface area contributed by atoms with Gasteiger partial charge in [-0.2, -0.15) is 5.10 Å². The highest BCUT2D eigenvalue weighted by Crippen LogP contribution is 2.23. The van der Waals surface area contributed by atoms with E-state index in [1.807, 2.05) is 37.3 Å². The molecule has 0 spiro atoms. The Hall–Kier alpha value is -2.76. The van der Waals surface area contributed by atoms with E-state index in [4.69, 9.17) is 4.42 Å². The molecule has 0 aliphatic rings. The number of hydrogen-bond acceptors (Lipinski definition) is 3. The Labute approximate surface area is 121 Å². The van der Waals surface area contributed by atoms with Gasteiger partial charge in [-0.05, 0) is 19.1 Å². The Kier molecular flexibility index (Phi) is 3.35. The summed E-state index contributed by atoms with van der Waals surface area (Å²) in [5.74, 6) is 1.22. The lowest BCUT2D eigenvalue weighted by molar-refractivity contribution is 0.247. The molecule has 0 aliphatic carbocycles. The number of amides is 2. The molecule has 0 bridgehead atoms. The van der Waals surface area contributed by atoms with Gasteiger partial charge in [0.15, 0.2) is 5.82 Å². The molecule has 1 atom stereocenters. The lowest BCUT2D eigenvalue weighted by Gasteiger charge is -2.11. The third kappa shape index (κ3) is 2.89. The Morgan fingerprint density at radius 3 is 2.86 bits per heavy atom. The smallest absolute Gasteiger partial charge is 0.321 e. The maximum Gasteiger partial charge on any atom is 0.321 e. The lowest BCUT2D eigenvalue weighted by atomic mass is 10.2. The van der Waals surface area contributed by atoms with Gasteiger partial charge in [0.1, 0.15) is 11.3 Å². The van der Waals surface area contributed by atoms with Crippen LogP contribution in [0.2, 0.25) is 0 Å². The fourth-order valence-corrected chi connectivity index (χ4v) is 2.12. The van der Waals surface area contributed by atoms with Crippen molar-refractivity contribution in [3.8, 4) is 0 Å². The number of hydrogen-bond donors (Lipinski definition) is 2. The van der Waals surface area contributed by atoms with Crippen molar-refractivity contribution < 1.29 is 9.21 Å². The number of para-hydroxylation sites is 1. The van der Waals surface area contributed by atoms with Crippen molar-refractivity contribution in [1.29, 1.82) is 0 Å². The summed E-state index contributed by atoms with van der Waals surface area (Å²) in [6, 6.07) is 10.9. The summed E-state index contributed by atoms with van der Waals surface area (Å²) in [6.45, 7) is 1.87. The van der Waals surface area contributed by atoms with Gasteiger partial charge in [-0.25, -0.2) is 4.79 Å². The van der Waals surface area contributed by atoms with E-state index in [1.165, 1.54) is 0 Å². The molecule has 6 heteroatoms. The molecule has 1 aromatic carbocycles. The minimum absolute atomic E-state index is 0.235. The van der Waals surface area contributed by atoms with E-state index in [0.717, 1.165) is 11.0 Å². The average Bonchev–Trinajstić information content (AvgIpc) is 3.04. The third-order valence-electron chi connectivity index (χ3n) is 3.17. The van der Waals surface area contributed by atoms with E-state index in [-0.39, 0.29) is 12.1 Å². The number of benzene rings is 1.